The van der Waals surface area contributed by atoms with Crippen molar-refractivity contribution in [2.75, 3.05) is 0 Å². The molecule has 6 rings (SSSR count). The monoisotopic (exact) mass is 795 g/mol. The Morgan fingerprint density at radius 1 is 0.978 bits per heavy atom. The fourth-order valence-electron chi connectivity index (χ4n) is 7.14. The van der Waals surface area contributed by atoms with Gasteiger partial charge in [0.2, 0.25) is 0 Å². The maximum atomic E-state index is 11.7. The minimum atomic E-state index is -0.216. The van der Waals surface area contributed by atoms with Crippen LogP contribution < -0.4 is 0 Å². The molecule has 1 N–H and O–H groups in total. The van der Waals surface area contributed by atoms with Crippen molar-refractivity contribution in [1.29, 1.82) is 0 Å². The Balaban J connectivity index is 0.000000259. The van der Waals surface area contributed by atoms with Crippen LogP contribution in [0.5, 0.6) is 0 Å². The number of hydrogen-bond donors (Lipinski definition) is 1. The zero-order valence-corrected chi connectivity index (χ0v) is 31.2. The third-order valence-corrected chi connectivity index (χ3v) is 9.90. The number of carbonyl (C=O) groups is 1. The molecule has 4 nitrogen and oxygen atoms in total. The number of aliphatic hydroxyl groups is 1. The molecule has 0 amide bonds. The molecule has 2 heterocycles. The zero-order chi connectivity index (χ0) is 32.6. The summed E-state index contributed by atoms with van der Waals surface area (Å²) >= 11 is 0. The third kappa shape index (κ3) is 6.21. The zero-order valence-electron chi connectivity index (χ0n) is 28.8. The first-order valence-electron chi connectivity index (χ1n) is 16.7. The van der Waals surface area contributed by atoms with E-state index in [1.54, 1.807) is 0 Å². The molecule has 0 fully saturated rings. The number of carbonyl (C=O) groups excluding carboxylic acids is 1. The summed E-state index contributed by atoms with van der Waals surface area (Å²) < 4.78 is 6.46. The average Bonchev–Trinajstić information content (AvgIpc) is 3.37. The van der Waals surface area contributed by atoms with Gasteiger partial charge < -0.3 is 14.5 Å². The van der Waals surface area contributed by atoms with E-state index in [4.69, 9.17) is 9.40 Å². The Morgan fingerprint density at radius 2 is 1.65 bits per heavy atom. The number of allylic oxidation sites excluding steroid dienone is 2. The summed E-state index contributed by atoms with van der Waals surface area (Å²) in [6.07, 6.45) is 6.77. The summed E-state index contributed by atoms with van der Waals surface area (Å²) in [5.74, 6) is 0.936. The number of fused-ring (bicyclic) bond motifs is 4. The van der Waals surface area contributed by atoms with Gasteiger partial charge in [0, 0.05) is 55.0 Å². The van der Waals surface area contributed by atoms with E-state index in [0.29, 0.717) is 5.92 Å². The van der Waals surface area contributed by atoms with Gasteiger partial charge in [-0.1, -0.05) is 102 Å². The largest absolute Gasteiger partial charge is 0.512 e. The average molecular weight is 795 g/mol. The van der Waals surface area contributed by atoms with Crippen LogP contribution in [0.1, 0.15) is 109 Å². The van der Waals surface area contributed by atoms with E-state index in [0.717, 1.165) is 53.5 Å². The van der Waals surface area contributed by atoms with Gasteiger partial charge in [-0.25, -0.2) is 0 Å². The molecular weight excluding hydrogens is 747 g/mol. The van der Waals surface area contributed by atoms with Crippen molar-refractivity contribution in [3.63, 3.8) is 0 Å². The summed E-state index contributed by atoms with van der Waals surface area (Å²) in [5, 5.41) is 14.6. The number of pyridine rings is 1. The van der Waals surface area contributed by atoms with E-state index in [1.807, 2.05) is 40.0 Å². The van der Waals surface area contributed by atoms with E-state index < -0.39 is 0 Å². The predicted octanol–water partition coefficient (Wildman–Crippen LogP) is 11.5. The topological polar surface area (TPSA) is 63.3 Å². The molecule has 0 aliphatic heterocycles. The van der Waals surface area contributed by atoms with Crippen molar-refractivity contribution in [2.45, 2.75) is 99.3 Å². The predicted molar refractivity (Wildman–Crippen MR) is 188 cm³/mol. The van der Waals surface area contributed by atoms with Gasteiger partial charge in [-0.2, -0.15) is 0 Å². The first-order chi connectivity index (χ1) is 21.5. The molecule has 0 saturated carbocycles. The number of furan rings is 1. The van der Waals surface area contributed by atoms with Gasteiger partial charge in [0.25, 0.3) is 0 Å². The Hall–Kier alpha value is -3.27. The smallest absolute Gasteiger partial charge is 0.162 e. The number of hydrogen-bond acceptors (Lipinski definition) is 4. The van der Waals surface area contributed by atoms with E-state index >= 15 is 0 Å². The molecule has 2 aromatic heterocycles. The molecule has 3 aromatic carbocycles. The first kappa shape index (κ1) is 35.6. The minimum Gasteiger partial charge on any atom is -0.512 e. The summed E-state index contributed by atoms with van der Waals surface area (Å²) in [6.45, 7) is 19.3. The Morgan fingerprint density at radius 3 is 2.28 bits per heavy atom. The number of benzene rings is 3. The van der Waals surface area contributed by atoms with Crippen molar-refractivity contribution < 1.29 is 34.4 Å². The summed E-state index contributed by atoms with van der Waals surface area (Å²) in [5.41, 5.74) is 8.89. The fraction of sp³-hybridized carbons (Fsp3) is 0.415. The van der Waals surface area contributed by atoms with Crippen LogP contribution in [0.2, 0.25) is 0 Å². The summed E-state index contributed by atoms with van der Waals surface area (Å²) in [7, 11) is 0. The number of aromatic nitrogens is 1. The van der Waals surface area contributed by atoms with Crippen LogP contribution in [0.4, 0.5) is 0 Å². The van der Waals surface area contributed by atoms with Gasteiger partial charge in [-0.15, -0.1) is 23.3 Å². The van der Waals surface area contributed by atoms with Crippen molar-refractivity contribution in [3.05, 3.63) is 88.8 Å². The molecule has 5 heteroatoms. The Labute approximate surface area is 288 Å². The maximum Gasteiger partial charge on any atom is 0.162 e. The standard InChI is InChI=1S/C28H24NO.C13H24O2.Ir/c1-15(2)18-10-11-21-23-24-22(30-27(18)23)12-13-29-26(24)20-9-7-17-14-16(3)6-8-19(17)25(20)28(21,4)5;1-5-10(6-2)12(14)9-13(15)11(7-3)8-4;/h6-8,10-15H,1-5H3;9-11,14H,5-8H2,1-4H3;/q-1;;/b;12-9-;. The molecule has 0 unspecified atom stereocenters. The van der Waals surface area contributed by atoms with Crippen LogP contribution in [-0.2, 0) is 30.3 Å². The van der Waals surface area contributed by atoms with Crippen LogP contribution in [0.3, 0.4) is 0 Å². The number of rotatable bonds is 8. The van der Waals surface area contributed by atoms with Crippen molar-refractivity contribution in [2.24, 2.45) is 11.8 Å². The first-order valence-corrected chi connectivity index (χ1v) is 16.7. The van der Waals surface area contributed by atoms with Gasteiger partial charge in [-0.05, 0) is 66.8 Å². The number of aryl methyl sites for hydroxylation is 1. The number of nitrogens with zero attached hydrogens (tertiary/aromatic N) is 1. The molecule has 0 saturated heterocycles. The van der Waals surface area contributed by atoms with Crippen LogP contribution in [0, 0.1) is 24.8 Å². The van der Waals surface area contributed by atoms with E-state index in [2.05, 4.69) is 77.1 Å². The molecule has 245 valence electrons. The van der Waals surface area contributed by atoms with Crippen LogP contribution in [0.25, 0.3) is 44.0 Å². The van der Waals surface area contributed by atoms with Gasteiger partial charge in [0.1, 0.15) is 11.2 Å². The summed E-state index contributed by atoms with van der Waals surface area (Å²) in [4.78, 5) is 16.6. The molecule has 0 spiro atoms. The maximum absolute atomic E-state index is 11.7. The second-order valence-electron chi connectivity index (χ2n) is 13.4. The van der Waals surface area contributed by atoms with Crippen molar-refractivity contribution in [1.82, 2.24) is 4.98 Å². The molecule has 5 aromatic rings. The molecule has 0 atom stereocenters. The van der Waals surface area contributed by atoms with Crippen LogP contribution in [0.15, 0.2) is 64.9 Å². The summed E-state index contributed by atoms with van der Waals surface area (Å²) in [6, 6.07) is 19.0. The van der Waals surface area contributed by atoms with Crippen LogP contribution in [-0.4, -0.2) is 15.9 Å². The fourth-order valence-corrected chi connectivity index (χ4v) is 7.14. The van der Waals surface area contributed by atoms with Crippen LogP contribution >= 0.6 is 0 Å². The van der Waals surface area contributed by atoms with Crippen molar-refractivity contribution in [3.8, 4) is 11.3 Å². The number of ketones is 1. The van der Waals surface area contributed by atoms with Gasteiger partial charge in [0.05, 0.1) is 5.76 Å². The molecule has 1 aliphatic carbocycles. The van der Waals surface area contributed by atoms with Gasteiger partial charge in [-0.3, -0.25) is 4.79 Å². The third-order valence-electron chi connectivity index (χ3n) is 9.90. The van der Waals surface area contributed by atoms with Crippen molar-refractivity contribution >= 4 is 38.5 Å². The molecule has 1 radical (unpaired) electrons. The van der Waals surface area contributed by atoms with E-state index in [9.17, 15) is 9.90 Å². The van der Waals surface area contributed by atoms with E-state index in [1.165, 1.54) is 44.5 Å². The van der Waals surface area contributed by atoms with Gasteiger partial charge >= 0.3 is 0 Å². The molecule has 1 aliphatic rings. The molecule has 46 heavy (non-hydrogen) atoms. The second-order valence-corrected chi connectivity index (χ2v) is 13.4. The molecular formula is C41H48IrNO3-. The minimum absolute atomic E-state index is 0. The van der Waals surface area contributed by atoms with Gasteiger partial charge in [0.15, 0.2) is 5.78 Å². The quantitative estimate of drug-likeness (QED) is 0.0965. The van der Waals surface area contributed by atoms with E-state index in [-0.39, 0.29) is 48.9 Å². The second kappa shape index (κ2) is 14.2. The normalized spacial score (nSPS) is 13.7. The number of aliphatic hydroxyl groups excluding tert-OH is 1. The molecule has 0 bridgehead atoms. The Kier molecular flexibility index (Phi) is 11.0. The Bertz CT molecular complexity index is 1900. The SMILES string of the molecule is CCC(CC)C(=O)/C=C(\O)C(CC)CC.Cc1ccc2c3c([c-]cc2c1)-c1nccc2oc4c(C(C)C)ccc(c4c12)C3(C)C.[Ir].